The zero-order chi connectivity index (χ0) is 18.1. The van der Waals surface area contributed by atoms with Crippen molar-refractivity contribution in [1.82, 2.24) is 4.90 Å². The van der Waals surface area contributed by atoms with Crippen LogP contribution in [0, 0.1) is 18.7 Å². The number of aryl methyl sites for hydroxylation is 1. The molecule has 0 saturated carbocycles. The van der Waals surface area contributed by atoms with Gasteiger partial charge in [-0.15, -0.1) is 0 Å². The van der Waals surface area contributed by atoms with Crippen LogP contribution in [0.5, 0.6) is 0 Å². The predicted molar refractivity (Wildman–Crippen MR) is 87.4 cm³/mol. The molecule has 1 aliphatic rings. The molecule has 1 heterocycles. The Morgan fingerprint density at radius 1 is 1.33 bits per heavy atom. The maximum atomic E-state index is 13.4. The van der Waals surface area contributed by atoms with Gasteiger partial charge in [-0.1, -0.05) is 6.07 Å². The zero-order valence-corrected chi connectivity index (χ0v) is 14.5. The molecule has 0 radical (unpaired) electrons. The number of hydrogen-bond donors (Lipinski definition) is 1. The quantitative estimate of drug-likeness (QED) is 0.896. The number of carboxylic acids is 1. The number of piperidine rings is 1. The number of benzene rings is 1. The Kier molecular flexibility index (Phi) is 5.16. The van der Waals surface area contributed by atoms with Gasteiger partial charge >= 0.3 is 12.1 Å². The van der Waals surface area contributed by atoms with Crippen LogP contribution in [0.2, 0.25) is 0 Å². The lowest BCUT2D eigenvalue weighted by Crippen LogP contribution is -2.46. The smallest absolute Gasteiger partial charge is 0.410 e. The van der Waals surface area contributed by atoms with Gasteiger partial charge in [0.2, 0.25) is 0 Å². The van der Waals surface area contributed by atoms with Crippen molar-refractivity contribution in [3.63, 3.8) is 0 Å². The van der Waals surface area contributed by atoms with Crippen molar-refractivity contribution in [3.8, 4) is 0 Å². The van der Waals surface area contributed by atoms with E-state index in [-0.39, 0.29) is 18.3 Å². The zero-order valence-electron chi connectivity index (χ0n) is 14.5. The maximum absolute atomic E-state index is 13.4. The van der Waals surface area contributed by atoms with Crippen molar-refractivity contribution in [3.05, 3.63) is 35.1 Å². The highest BCUT2D eigenvalue weighted by molar-refractivity contribution is 5.73. The molecule has 0 bridgehead atoms. The molecule has 1 unspecified atom stereocenters. The average Bonchev–Trinajstić information content (AvgIpc) is 2.44. The molecule has 0 aliphatic carbocycles. The highest BCUT2D eigenvalue weighted by Crippen LogP contribution is 2.35. The highest BCUT2D eigenvalue weighted by atomic mass is 19.1. The number of rotatable bonds is 2. The van der Waals surface area contributed by atoms with Gasteiger partial charge in [-0.3, -0.25) is 4.79 Å². The largest absolute Gasteiger partial charge is 0.481 e. The molecule has 1 aromatic rings. The number of carboxylic acid groups (broad SMARTS) is 1. The van der Waals surface area contributed by atoms with E-state index in [1.54, 1.807) is 33.8 Å². The van der Waals surface area contributed by atoms with Crippen LogP contribution in [-0.4, -0.2) is 40.8 Å². The van der Waals surface area contributed by atoms with E-state index in [0.717, 1.165) is 5.56 Å². The van der Waals surface area contributed by atoms with E-state index >= 15 is 0 Å². The van der Waals surface area contributed by atoms with Gasteiger partial charge in [0.1, 0.15) is 11.4 Å². The SMILES string of the molecule is Cc1cc(F)ccc1C1CN(C(=O)OC(C)(C)C)CC[C@H]1C(=O)O. The van der Waals surface area contributed by atoms with Crippen molar-refractivity contribution in [2.45, 2.75) is 45.6 Å². The lowest BCUT2D eigenvalue weighted by atomic mass is 9.79. The van der Waals surface area contributed by atoms with Gasteiger partial charge in [0.25, 0.3) is 0 Å². The van der Waals surface area contributed by atoms with E-state index in [4.69, 9.17) is 4.74 Å². The monoisotopic (exact) mass is 337 g/mol. The number of carbonyl (C=O) groups excluding carboxylic acids is 1. The van der Waals surface area contributed by atoms with Gasteiger partial charge in [-0.2, -0.15) is 0 Å². The van der Waals surface area contributed by atoms with E-state index in [1.165, 1.54) is 17.0 Å². The summed E-state index contributed by atoms with van der Waals surface area (Å²) in [6, 6.07) is 4.33. The van der Waals surface area contributed by atoms with Gasteiger partial charge in [0.05, 0.1) is 5.92 Å². The van der Waals surface area contributed by atoms with Crippen LogP contribution >= 0.6 is 0 Å². The summed E-state index contributed by atoms with van der Waals surface area (Å²) in [6.07, 6.45) is -0.105. The summed E-state index contributed by atoms with van der Waals surface area (Å²) in [6.45, 7) is 7.70. The molecule has 1 amide bonds. The van der Waals surface area contributed by atoms with Gasteiger partial charge in [0.15, 0.2) is 0 Å². The number of aliphatic carboxylic acids is 1. The van der Waals surface area contributed by atoms with E-state index in [9.17, 15) is 19.1 Å². The Hall–Kier alpha value is -2.11. The van der Waals surface area contributed by atoms with Crippen LogP contribution in [0.3, 0.4) is 0 Å². The van der Waals surface area contributed by atoms with Gasteiger partial charge in [-0.05, 0) is 57.4 Å². The number of likely N-dealkylation sites (tertiary alicyclic amines) is 1. The molecular formula is C18H24FNO4. The Morgan fingerprint density at radius 3 is 2.54 bits per heavy atom. The third-order valence-corrected chi connectivity index (χ3v) is 4.21. The first-order valence-corrected chi connectivity index (χ1v) is 8.05. The van der Waals surface area contributed by atoms with Crippen LogP contribution < -0.4 is 0 Å². The molecule has 6 heteroatoms. The van der Waals surface area contributed by atoms with Gasteiger partial charge < -0.3 is 14.7 Å². The molecule has 2 rings (SSSR count). The Labute approximate surface area is 141 Å². The Balaban J connectivity index is 2.27. The summed E-state index contributed by atoms with van der Waals surface area (Å²) >= 11 is 0. The van der Waals surface area contributed by atoms with Crippen molar-refractivity contribution >= 4 is 12.1 Å². The molecule has 0 spiro atoms. The Morgan fingerprint density at radius 2 is 2.00 bits per heavy atom. The molecule has 1 N–H and O–H groups in total. The number of nitrogens with zero attached hydrogens (tertiary/aromatic N) is 1. The molecule has 1 saturated heterocycles. The van der Waals surface area contributed by atoms with Gasteiger partial charge in [0, 0.05) is 19.0 Å². The fourth-order valence-electron chi connectivity index (χ4n) is 3.11. The first kappa shape index (κ1) is 18.2. The second-order valence-electron chi connectivity index (χ2n) is 7.27. The third kappa shape index (κ3) is 4.24. The molecule has 1 aromatic carbocycles. The summed E-state index contributed by atoms with van der Waals surface area (Å²) in [4.78, 5) is 25.5. The third-order valence-electron chi connectivity index (χ3n) is 4.21. The molecule has 1 fully saturated rings. The number of amides is 1. The summed E-state index contributed by atoms with van der Waals surface area (Å²) < 4.78 is 18.7. The molecule has 132 valence electrons. The first-order valence-electron chi connectivity index (χ1n) is 8.05. The second-order valence-corrected chi connectivity index (χ2v) is 7.27. The van der Waals surface area contributed by atoms with Crippen LogP contribution in [0.1, 0.15) is 44.2 Å². The normalized spacial score (nSPS) is 21.5. The maximum Gasteiger partial charge on any atom is 0.410 e. The van der Waals surface area contributed by atoms with Crippen molar-refractivity contribution in [2.75, 3.05) is 13.1 Å². The minimum atomic E-state index is -0.896. The van der Waals surface area contributed by atoms with Crippen LogP contribution in [0.25, 0.3) is 0 Å². The lowest BCUT2D eigenvalue weighted by molar-refractivity contribution is -0.144. The first-order chi connectivity index (χ1) is 11.1. The van der Waals surface area contributed by atoms with Crippen LogP contribution in [0.4, 0.5) is 9.18 Å². The van der Waals surface area contributed by atoms with E-state index < -0.39 is 23.6 Å². The summed E-state index contributed by atoms with van der Waals surface area (Å²) in [5.74, 6) is -2.24. The van der Waals surface area contributed by atoms with Crippen molar-refractivity contribution in [2.24, 2.45) is 5.92 Å². The predicted octanol–water partition coefficient (Wildman–Crippen LogP) is 3.56. The fraction of sp³-hybridized carbons (Fsp3) is 0.556. The van der Waals surface area contributed by atoms with Gasteiger partial charge in [-0.25, -0.2) is 9.18 Å². The molecule has 0 aromatic heterocycles. The van der Waals surface area contributed by atoms with Crippen molar-refractivity contribution < 1.29 is 23.8 Å². The number of carbonyl (C=O) groups is 2. The second kappa shape index (κ2) is 6.79. The fourth-order valence-corrected chi connectivity index (χ4v) is 3.11. The molecular weight excluding hydrogens is 313 g/mol. The standard InChI is InChI=1S/C18H24FNO4/c1-11-9-12(19)5-6-13(11)15-10-20(8-7-14(15)16(21)22)17(23)24-18(2,3)4/h5-6,9,14-15H,7-8,10H2,1-4H3,(H,21,22)/t14-,15?/m1/s1. The van der Waals surface area contributed by atoms with Crippen LogP contribution in [0.15, 0.2) is 18.2 Å². The van der Waals surface area contributed by atoms with Crippen molar-refractivity contribution in [1.29, 1.82) is 0 Å². The Bertz CT molecular complexity index is 638. The number of hydrogen-bond acceptors (Lipinski definition) is 3. The number of halogens is 1. The molecule has 5 nitrogen and oxygen atoms in total. The summed E-state index contributed by atoms with van der Waals surface area (Å²) in [5.41, 5.74) is 0.844. The highest BCUT2D eigenvalue weighted by Gasteiger charge is 2.38. The number of ether oxygens (including phenoxy) is 1. The summed E-state index contributed by atoms with van der Waals surface area (Å²) in [5, 5.41) is 9.52. The molecule has 2 atom stereocenters. The lowest BCUT2D eigenvalue weighted by Gasteiger charge is -2.38. The summed E-state index contributed by atoms with van der Waals surface area (Å²) in [7, 11) is 0. The minimum absolute atomic E-state index is 0.248. The van der Waals surface area contributed by atoms with E-state index in [1.807, 2.05) is 0 Å². The van der Waals surface area contributed by atoms with E-state index in [2.05, 4.69) is 0 Å². The van der Waals surface area contributed by atoms with E-state index in [0.29, 0.717) is 18.5 Å². The molecule has 24 heavy (non-hydrogen) atoms. The topological polar surface area (TPSA) is 66.8 Å². The minimum Gasteiger partial charge on any atom is -0.481 e. The van der Waals surface area contributed by atoms with Crippen LogP contribution in [-0.2, 0) is 9.53 Å². The average molecular weight is 337 g/mol. The molecule has 1 aliphatic heterocycles.